The molecule has 0 saturated heterocycles. The first-order valence-electron chi connectivity index (χ1n) is 11.4. The number of benzene rings is 3. The fraction of sp³-hybridized carbons (Fsp3) is 0.179. The van der Waals surface area contributed by atoms with Gasteiger partial charge in [-0.25, -0.2) is 9.69 Å². The van der Waals surface area contributed by atoms with Gasteiger partial charge < -0.3 is 9.64 Å². The predicted molar refractivity (Wildman–Crippen MR) is 133 cm³/mol. The summed E-state index contributed by atoms with van der Waals surface area (Å²) in [5, 5.41) is 8.97. The lowest BCUT2D eigenvalue weighted by Crippen LogP contribution is -2.40. The third-order valence-corrected chi connectivity index (χ3v) is 5.89. The van der Waals surface area contributed by atoms with Crippen molar-refractivity contribution in [2.45, 2.75) is 26.4 Å². The number of aryl methyl sites for hydroxylation is 1. The van der Waals surface area contributed by atoms with Gasteiger partial charge >= 0.3 is 5.97 Å². The topological polar surface area (TPSA) is 108 Å². The van der Waals surface area contributed by atoms with E-state index in [-0.39, 0.29) is 29.7 Å². The maximum Gasteiger partial charge on any atom is 0.338 e. The van der Waals surface area contributed by atoms with Crippen LogP contribution >= 0.6 is 0 Å². The highest BCUT2D eigenvalue weighted by Crippen LogP contribution is 2.31. The molecule has 0 aliphatic carbocycles. The molecule has 3 amide bonds. The van der Waals surface area contributed by atoms with Crippen LogP contribution in [0.4, 0.5) is 11.4 Å². The zero-order chi connectivity index (χ0) is 25.8. The summed E-state index contributed by atoms with van der Waals surface area (Å²) in [7, 11) is 0. The molecule has 36 heavy (non-hydrogen) atoms. The maximum atomic E-state index is 13.1. The Morgan fingerprint density at radius 3 is 2.33 bits per heavy atom. The zero-order valence-electron chi connectivity index (χ0n) is 19.8. The van der Waals surface area contributed by atoms with Crippen LogP contribution in [0.5, 0.6) is 0 Å². The lowest BCUT2D eigenvalue weighted by Gasteiger charge is -2.25. The number of imide groups is 1. The fourth-order valence-corrected chi connectivity index (χ4v) is 4.04. The molecule has 3 aromatic carbocycles. The Morgan fingerprint density at radius 1 is 0.972 bits per heavy atom. The average Bonchev–Trinajstić information content (AvgIpc) is 3.14. The molecule has 180 valence electrons. The summed E-state index contributed by atoms with van der Waals surface area (Å²) in [5.74, 6) is -2.29. The van der Waals surface area contributed by atoms with Crippen LogP contribution in [-0.4, -0.2) is 36.3 Å². The van der Waals surface area contributed by atoms with Gasteiger partial charge in [-0.3, -0.25) is 14.4 Å². The van der Waals surface area contributed by atoms with Crippen molar-refractivity contribution < 1.29 is 23.9 Å². The Labute approximate surface area is 208 Å². The molecule has 1 aliphatic rings. The number of amides is 3. The van der Waals surface area contributed by atoms with Gasteiger partial charge in [0, 0.05) is 12.2 Å². The van der Waals surface area contributed by atoms with Crippen LogP contribution < -0.4 is 9.80 Å². The van der Waals surface area contributed by atoms with E-state index in [0.29, 0.717) is 11.4 Å². The Kier molecular flexibility index (Phi) is 6.93. The average molecular weight is 482 g/mol. The van der Waals surface area contributed by atoms with E-state index in [0.717, 1.165) is 10.5 Å². The Bertz CT molecular complexity index is 1390. The van der Waals surface area contributed by atoms with E-state index in [1.165, 1.54) is 30.0 Å². The van der Waals surface area contributed by atoms with Crippen LogP contribution in [-0.2, 0) is 9.53 Å². The van der Waals surface area contributed by atoms with Crippen molar-refractivity contribution in [2.75, 3.05) is 16.3 Å². The molecule has 0 saturated carbocycles. The van der Waals surface area contributed by atoms with Crippen molar-refractivity contribution in [2.24, 2.45) is 0 Å². The lowest BCUT2D eigenvalue weighted by molar-refractivity contribution is -0.126. The second-order valence-electron chi connectivity index (χ2n) is 8.27. The highest BCUT2D eigenvalue weighted by molar-refractivity contribution is 6.35. The van der Waals surface area contributed by atoms with Gasteiger partial charge in [0.25, 0.3) is 17.7 Å². The van der Waals surface area contributed by atoms with Gasteiger partial charge in [-0.2, -0.15) is 5.26 Å². The molecule has 1 heterocycles. The van der Waals surface area contributed by atoms with E-state index in [2.05, 4.69) is 0 Å². The van der Waals surface area contributed by atoms with Crippen LogP contribution in [0, 0.1) is 18.3 Å². The minimum Gasteiger partial charge on any atom is -0.449 e. The van der Waals surface area contributed by atoms with Gasteiger partial charge in [-0.05, 0) is 55.8 Å². The number of nitrogens with zero attached hydrogens (tertiary/aromatic N) is 3. The second-order valence-corrected chi connectivity index (χ2v) is 8.27. The summed E-state index contributed by atoms with van der Waals surface area (Å²) in [4.78, 5) is 54.4. The highest BCUT2D eigenvalue weighted by atomic mass is 16.5. The molecule has 0 aromatic heterocycles. The molecule has 0 spiro atoms. The normalized spacial score (nSPS) is 13.1. The lowest BCUT2D eigenvalue weighted by atomic mass is 10.1. The van der Waals surface area contributed by atoms with E-state index < -0.39 is 29.8 Å². The van der Waals surface area contributed by atoms with Gasteiger partial charge in [0.1, 0.15) is 0 Å². The molecule has 8 heteroatoms. The first-order chi connectivity index (χ1) is 17.3. The Hall–Kier alpha value is -4.77. The van der Waals surface area contributed by atoms with E-state index in [9.17, 15) is 19.2 Å². The number of esters is 1. The molecule has 0 bridgehead atoms. The van der Waals surface area contributed by atoms with Gasteiger partial charge in [-0.1, -0.05) is 36.4 Å². The quantitative estimate of drug-likeness (QED) is 0.368. The molecule has 0 N–H and O–H groups in total. The number of carbonyl (C=O) groups is 4. The van der Waals surface area contributed by atoms with Crippen LogP contribution in [0.1, 0.15) is 50.0 Å². The smallest absolute Gasteiger partial charge is 0.338 e. The van der Waals surface area contributed by atoms with Crippen molar-refractivity contribution in [1.29, 1.82) is 5.26 Å². The third kappa shape index (κ3) is 4.59. The fourth-order valence-electron chi connectivity index (χ4n) is 4.04. The molecular weight excluding hydrogens is 458 g/mol. The minimum atomic E-state index is -1.15. The number of hydrogen-bond donors (Lipinski definition) is 0. The molecule has 8 nitrogen and oxygen atoms in total. The van der Waals surface area contributed by atoms with E-state index in [1.54, 1.807) is 55.5 Å². The number of anilines is 2. The van der Waals surface area contributed by atoms with Crippen LogP contribution in [0.3, 0.4) is 0 Å². The monoisotopic (exact) mass is 481 g/mol. The van der Waals surface area contributed by atoms with Gasteiger partial charge in [0.15, 0.2) is 6.10 Å². The Morgan fingerprint density at radius 2 is 1.64 bits per heavy atom. The molecule has 0 radical (unpaired) electrons. The van der Waals surface area contributed by atoms with Crippen molar-refractivity contribution >= 4 is 35.1 Å². The van der Waals surface area contributed by atoms with Gasteiger partial charge in [0.05, 0.1) is 34.9 Å². The summed E-state index contributed by atoms with van der Waals surface area (Å²) in [5.41, 5.74) is 2.15. The number of fused-ring (bicyclic) bond motifs is 1. The number of carbonyl (C=O) groups excluding carboxylic acids is 4. The molecule has 1 aliphatic heterocycles. The Balaban J connectivity index is 1.53. The first-order valence-corrected chi connectivity index (χ1v) is 11.4. The minimum absolute atomic E-state index is 0.0458. The van der Waals surface area contributed by atoms with Crippen molar-refractivity contribution in [3.8, 4) is 6.07 Å². The summed E-state index contributed by atoms with van der Waals surface area (Å²) >= 11 is 0. The summed E-state index contributed by atoms with van der Waals surface area (Å²) < 4.78 is 5.41. The van der Waals surface area contributed by atoms with E-state index >= 15 is 0 Å². The number of ether oxygens (including phenoxy) is 1. The summed E-state index contributed by atoms with van der Waals surface area (Å²) in [6.07, 6.45) is -1.04. The second kappa shape index (κ2) is 10.2. The SMILES string of the molecule is Cc1ccccc1N1C(=O)c2ccc(C(=O)OC(C)C(=O)N(CCC#N)c3ccccc3)cc2C1=O. The van der Waals surface area contributed by atoms with E-state index in [1.807, 2.05) is 12.1 Å². The number of nitriles is 1. The summed E-state index contributed by atoms with van der Waals surface area (Å²) in [6, 6.07) is 22.0. The van der Waals surface area contributed by atoms with Gasteiger partial charge in [0.2, 0.25) is 0 Å². The molecule has 4 rings (SSSR count). The number of para-hydroxylation sites is 2. The first kappa shape index (κ1) is 24.4. The van der Waals surface area contributed by atoms with Crippen molar-refractivity contribution in [1.82, 2.24) is 0 Å². The summed E-state index contributed by atoms with van der Waals surface area (Å²) in [6.45, 7) is 3.39. The van der Waals surface area contributed by atoms with E-state index in [4.69, 9.17) is 10.00 Å². The van der Waals surface area contributed by atoms with Crippen LogP contribution in [0.15, 0.2) is 72.8 Å². The predicted octanol–water partition coefficient (Wildman–Crippen LogP) is 4.29. The van der Waals surface area contributed by atoms with Crippen LogP contribution in [0.25, 0.3) is 0 Å². The number of hydrogen-bond acceptors (Lipinski definition) is 6. The largest absolute Gasteiger partial charge is 0.449 e. The molecule has 1 atom stereocenters. The van der Waals surface area contributed by atoms with Crippen LogP contribution in [0.2, 0.25) is 0 Å². The highest BCUT2D eigenvalue weighted by Gasteiger charge is 2.38. The van der Waals surface area contributed by atoms with Gasteiger partial charge in [-0.15, -0.1) is 0 Å². The molecule has 0 fully saturated rings. The third-order valence-electron chi connectivity index (χ3n) is 5.89. The molecular formula is C28H23N3O5. The number of rotatable bonds is 7. The maximum absolute atomic E-state index is 13.1. The molecule has 1 unspecified atom stereocenters. The standard InChI is InChI=1S/C28H23N3O5/c1-18-9-6-7-12-24(18)31-26(33)22-14-13-20(17-23(22)27(31)34)28(35)36-19(2)25(32)30(16-8-15-29)21-10-4-3-5-11-21/h3-7,9-14,17,19H,8,16H2,1-2H3. The molecule has 3 aromatic rings. The zero-order valence-corrected chi connectivity index (χ0v) is 19.8. The van der Waals surface area contributed by atoms with Crippen molar-refractivity contribution in [3.05, 3.63) is 95.1 Å². The van der Waals surface area contributed by atoms with Crippen molar-refractivity contribution in [3.63, 3.8) is 0 Å².